The standard InChI is InChI=1S/C9H7ClN2O2/c10-9-2-1-8(4-11-9)13-5-7-3-12-14-6-7/h1-4,6H,5H2. The SMILES string of the molecule is Clc1ccc(OCc2cnoc2)cn1. The molecule has 0 aromatic carbocycles. The third-order valence-corrected chi connectivity index (χ3v) is 1.81. The molecule has 2 rings (SSSR count). The number of hydrogen-bond donors (Lipinski definition) is 0. The largest absolute Gasteiger partial charge is 0.487 e. The lowest BCUT2D eigenvalue weighted by molar-refractivity contribution is 0.303. The van der Waals surface area contributed by atoms with Crippen molar-refractivity contribution in [1.82, 2.24) is 10.1 Å². The Labute approximate surface area is 85.5 Å². The average Bonchev–Trinajstić information content (AvgIpc) is 2.70. The minimum absolute atomic E-state index is 0.410. The van der Waals surface area contributed by atoms with Gasteiger partial charge in [-0.05, 0) is 12.1 Å². The van der Waals surface area contributed by atoms with E-state index in [-0.39, 0.29) is 0 Å². The van der Waals surface area contributed by atoms with Gasteiger partial charge in [0, 0.05) is 5.56 Å². The van der Waals surface area contributed by atoms with Crippen LogP contribution in [-0.2, 0) is 6.61 Å². The fraction of sp³-hybridized carbons (Fsp3) is 0.111. The Morgan fingerprint density at radius 3 is 2.93 bits per heavy atom. The molecule has 0 aliphatic carbocycles. The van der Waals surface area contributed by atoms with Crippen molar-refractivity contribution in [2.45, 2.75) is 6.61 Å². The fourth-order valence-electron chi connectivity index (χ4n) is 0.912. The Kier molecular flexibility index (Phi) is 2.65. The monoisotopic (exact) mass is 210 g/mol. The maximum Gasteiger partial charge on any atom is 0.138 e. The van der Waals surface area contributed by atoms with Crippen molar-refractivity contribution in [2.24, 2.45) is 0 Å². The first-order valence-electron chi connectivity index (χ1n) is 3.97. The molecule has 0 amide bonds. The van der Waals surface area contributed by atoms with E-state index in [1.807, 2.05) is 0 Å². The summed E-state index contributed by atoms with van der Waals surface area (Å²) in [6, 6.07) is 3.42. The van der Waals surface area contributed by atoms with Gasteiger partial charge >= 0.3 is 0 Å². The first-order valence-corrected chi connectivity index (χ1v) is 4.35. The molecule has 2 heterocycles. The molecule has 0 radical (unpaired) electrons. The van der Waals surface area contributed by atoms with Crippen molar-refractivity contribution in [3.05, 3.63) is 41.5 Å². The van der Waals surface area contributed by atoms with E-state index in [9.17, 15) is 0 Å². The maximum atomic E-state index is 5.62. The third-order valence-electron chi connectivity index (χ3n) is 1.59. The highest BCUT2D eigenvalue weighted by Gasteiger charge is 1.98. The van der Waals surface area contributed by atoms with Crippen LogP contribution in [0.5, 0.6) is 5.75 Å². The van der Waals surface area contributed by atoms with E-state index >= 15 is 0 Å². The minimum atomic E-state index is 0.410. The van der Waals surface area contributed by atoms with Crippen LogP contribution in [0.15, 0.2) is 35.3 Å². The zero-order valence-corrected chi connectivity index (χ0v) is 7.94. The summed E-state index contributed by atoms with van der Waals surface area (Å²) in [5.74, 6) is 0.663. The van der Waals surface area contributed by atoms with Crippen LogP contribution >= 0.6 is 11.6 Å². The molecule has 2 aromatic heterocycles. The summed E-state index contributed by atoms with van der Waals surface area (Å²) in [7, 11) is 0. The van der Waals surface area contributed by atoms with Gasteiger partial charge in [-0.2, -0.15) is 0 Å². The Hall–Kier alpha value is -1.55. The number of halogens is 1. The smallest absolute Gasteiger partial charge is 0.138 e. The molecule has 5 heteroatoms. The number of ether oxygens (including phenoxy) is 1. The number of rotatable bonds is 3. The zero-order chi connectivity index (χ0) is 9.80. The van der Waals surface area contributed by atoms with Crippen LogP contribution in [0.25, 0.3) is 0 Å². The Morgan fingerprint density at radius 2 is 2.29 bits per heavy atom. The lowest BCUT2D eigenvalue weighted by atomic mass is 10.4. The zero-order valence-electron chi connectivity index (χ0n) is 7.18. The van der Waals surface area contributed by atoms with Crippen LogP contribution in [0.2, 0.25) is 5.15 Å². The van der Waals surface area contributed by atoms with Crippen molar-refractivity contribution in [1.29, 1.82) is 0 Å². The van der Waals surface area contributed by atoms with Crippen molar-refractivity contribution in [3.8, 4) is 5.75 Å². The molecule has 0 N–H and O–H groups in total. The van der Waals surface area contributed by atoms with Gasteiger partial charge in [-0.1, -0.05) is 16.8 Å². The second-order valence-corrected chi connectivity index (χ2v) is 3.03. The van der Waals surface area contributed by atoms with Gasteiger partial charge in [-0.25, -0.2) is 4.98 Å². The molecule has 72 valence electrons. The van der Waals surface area contributed by atoms with Crippen LogP contribution < -0.4 is 4.74 Å². The Morgan fingerprint density at radius 1 is 1.36 bits per heavy atom. The van der Waals surface area contributed by atoms with E-state index in [1.165, 1.54) is 6.26 Å². The van der Waals surface area contributed by atoms with Crippen molar-refractivity contribution in [2.75, 3.05) is 0 Å². The highest BCUT2D eigenvalue weighted by molar-refractivity contribution is 6.29. The number of hydrogen-bond acceptors (Lipinski definition) is 4. The van der Waals surface area contributed by atoms with Crippen molar-refractivity contribution in [3.63, 3.8) is 0 Å². The summed E-state index contributed by atoms with van der Waals surface area (Å²) in [5, 5.41) is 4.00. The first kappa shape index (κ1) is 9.02. The van der Waals surface area contributed by atoms with Gasteiger partial charge in [0.15, 0.2) is 0 Å². The number of aromatic nitrogens is 2. The predicted molar refractivity (Wildman–Crippen MR) is 50.1 cm³/mol. The second kappa shape index (κ2) is 4.11. The van der Waals surface area contributed by atoms with Gasteiger partial charge in [0.2, 0.25) is 0 Å². The topological polar surface area (TPSA) is 48.2 Å². The number of nitrogens with zero attached hydrogens (tertiary/aromatic N) is 2. The maximum absolute atomic E-state index is 5.62. The molecule has 0 aliphatic heterocycles. The second-order valence-electron chi connectivity index (χ2n) is 2.64. The summed E-state index contributed by atoms with van der Waals surface area (Å²) >= 11 is 5.62. The Balaban J connectivity index is 1.95. The summed E-state index contributed by atoms with van der Waals surface area (Å²) in [6.07, 6.45) is 4.70. The molecular weight excluding hydrogens is 204 g/mol. The molecule has 14 heavy (non-hydrogen) atoms. The fourth-order valence-corrected chi connectivity index (χ4v) is 1.02. The predicted octanol–water partition coefficient (Wildman–Crippen LogP) is 2.30. The minimum Gasteiger partial charge on any atom is -0.487 e. The lowest BCUT2D eigenvalue weighted by Gasteiger charge is -2.02. The van der Waals surface area contributed by atoms with Crippen LogP contribution in [0, 0.1) is 0 Å². The quantitative estimate of drug-likeness (QED) is 0.730. The molecule has 0 spiro atoms. The van der Waals surface area contributed by atoms with Gasteiger partial charge in [0.25, 0.3) is 0 Å². The summed E-state index contributed by atoms with van der Waals surface area (Å²) in [4.78, 5) is 3.88. The van der Waals surface area contributed by atoms with E-state index in [4.69, 9.17) is 16.3 Å². The highest BCUT2D eigenvalue weighted by atomic mass is 35.5. The van der Waals surface area contributed by atoms with Gasteiger partial charge in [0.05, 0.1) is 12.4 Å². The highest BCUT2D eigenvalue weighted by Crippen LogP contribution is 2.13. The van der Waals surface area contributed by atoms with E-state index in [2.05, 4.69) is 14.7 Å². The van der Waals surface area contributed by atoms with Gasteiger partial charge in [-0.3, -0.25) is 0 Å². The normalized spacial score (nSPS) is 10.1. The number of pyridine rings is 1. The van der Waals surface area contributed by atoms with Crippen LogP contribution in [0.3, 0.4) is 0 Å². The Bertz CT molecular complexity index is 386. The molecular formula is C9H7ClN2O2. The van der Waals surface area contributed by atoms with Gasteiger partial charge < -0.3 is 9.26 Å². The summed E-state index contributed by atoms with van der Waals surface area (Å²) < 4.78 is 10.0. The molecule has 2 aromatic rings. The van der Waals surface area contributed by atoms with Crippen LogP contribution in [-0.4, -0.2) is 10.1 Å². The molecule has 0 atom stereocenters. The first-order chi connectivity index (χ1) is 6.84. The molecule has 4 nitrogen and oxygen atoms in total. The molecule has 0 unspecified atom stereocenters. The van der Waals surface area contributed by atoms with E-state index in [0.29, 0.717) is 17.5 Å². The molecule has 0 aliphatic rings. The van der Waals surface area contributed by atoms with E-state index in [1.54, 1.807) is 24.5 Å². The van der Waals surface area contributed by atoms with E-state index in [0.717, 1.165) is 5.56 Å². The molecule has 0 bridgehead atoms. The van der Waals surface area contributed by atoms with Crippen molar-refractivity contribution < 1.29 is 9.26 Å². The summed E-state index contributed by atoms with van der Waals surface area (Å²) in [6.45, 7) is 0.410. The van der Waals surface area contributed by atoms with Crippen LogP contribution in [0.1, 0.15) is 5.56 Å². The summed E-state index contributed by atoms with van der Waals surface area (Å²) in [5.41, 5.74) is 0.875. The van der Waals surface area contributed by atoms with Crippen LogP contribution in [0.4, 0.5) is 0 Å². The molecule has 0 fully saturated rings. The van der Waals surface area contributed by atoms with Gasteiger partial charge in [-0.15, -0.1) is 0 Å². The molecule has 0 saturated heterocycles. The van der Waals surface area contributed by atoms with Gasteiger partial charge in [0.1, 0.15) is 23.8 Å². The third kappa shape index (κ3) is 2.23. The lowest BCUT2D eigenvalue weighted by Crippen LogP contribution is -1.93. The van der Waals surface area contributed by atoms with E-state index < -0.39 is 0 Å². The average molecular weight is 211 g/mol. The molecule has 0 saturated carbocycles. The van der Waals surface area contributed by atoms with Crippen molar-refractivity contribution >= 4 is 11.6 Å².